The summed E-state index contributed by atoms with van der Waals surface area (Å²) in [6.45, 7) is 1.67. The van der Waals surface area contributed by atoms with E-state index in [2.05, 4.69) is 26.2 Å². The molecule has 3 rings (SSSR count). The molecule has 0 unspecified atom stereocenters. The molecule has 3 aromatic rings. The molecular weight excluding hydrogens is 523 g/mol. The molecule has 0 saturated carbocycles. The Balaban J connectivity index is 1.79. The largest absolute Gasteiger partial charge is 0.497 e. The third-order valence-corrected chi connectivity index (χ3v) is 7.33. The molecule has 0 fully saturated rings. The van der Waals surface area contributed by atoms with Gasteiger partial charge in [0.1, 0.15) is 11.6 Å². The van der Waals surface area contributed by atoms with Crippen LogP contribution in [0.1, 0.15) is 16.7 Å². The van der Waals surface area contributed by atoms with Crippen molar-refractivity contribution in [1.82, 2.24) is 9.29 Å². The van der Waals surface area contributed by atoms with Crippen LogP contribution in [-0.2, 0) is 22.7 Å². The number of nitrogens with one attached hydrogen (secondary N) is 1. The summed E-state index contributed by atoms with van der Waals surface area (Å²) in [5, 5.41) is 2.93. The molecule has 1 N–H and O–H groups in total. The van der Waals surface area contributed by atoms with Crippen molar-refractivity contribution < 1.29 is 26.3 Å². The third kappa shape index (κ3) is 5.84. The number of rotatable bonds is 7. The van der Waals surface area contributed by atoms with Crippen LogP contribution >= 0.6 is 15.9 Å². The molecule has 33 heavy (non-hydrogen) atoms. The number of nitrogens with zero attached hydrogens (tertiary/aromatic N) is 2. The molecule has 0 radical (unpaired) electrons. The maximum absolute atomic E-state index is 13.0. The Bertz CT molecular complexity index is 1250. The van der Waals surface area contributed by atoms with Gasteiger partial charge in [-0.15, -0.1) is 0 Å². The van der Waals surface area contributed by atoms with E-state index >= 15 is 0 Å². The summed E-state index contributed by atoms with van der Waals surface area (Å²) in [4.78, 5) is 3.92. The number of methoxy groups -OCH3 is 1. The van der Waals surface area contributed by atoms with Crippen LogP contribution in [0.25, 0.3) is 0 Å². The van der Waals surface area contributed by atoms with Crippen LogP contribution in [0.2, 0.25) is 0 Å². The van der Waals surface area contributed by atoms with Gasteiger partial charge in [0.25, 0.3) is 0 Å². The highest BCUT2D eigenvalue weighted by atomic mass is 79.9. The maximum atomic E-state index is 13.0. The number of aryl methyl sites for hydroxylation is 1. The van der Waals surface area contributed by atoms with Gasteiger partial charge >= 0.3 is 6.18 Å². The molecule has 0 aliphatic rings. The predicted octanol–water partition coefficient (Wildman–Crippen LogP) is 5.74. The zero-order chi connectivity index (χ0) is 24.4. The van der Waals surface area contributed by atoms with E-state index < -0.39 is 21.8 Å². The lowest BCUT2D eigenvalue weighted by atomic mass is 10.2. The van der Waals surface area contributed by atoms with Crippen molar-refractivity contribution in [3.63, 3.8) is 0 Å². The lowest BCUT2D eigenvalue weighted by Crippen LogP contribution is -2.26. The monoisotopic (exact) mass is 543 g/mol. The zero-order valence-electron chi connectivity index (χ0n) is 17.9. The minimum atomic E-state index is -4.48. The van der Waals surface area contributed by atoms with Gasteiger partial charge < -0.3 is 10.1 Å². The highest BCUT2D eigenvalue weighted by Gasteiger charge is 2.31. The van der Waals surface area contributed by atoms with Crippen LogP contribution in [0, 0.1) is 6.92 Å². The molecule has 0 atom stereocenters. The molecule has 176 valence electrons. The number of benzene rings is 2. The Hall–Kier alpha value is -2.63. The smallest absolute Gasteiger partial charge is 0.417 e. The molecule has 0 saturated heterocycles. The number of ether oxygens (including phenoxy) is 1. The van der Waals surface area contributed by atoms with Crippen molar-refractivity contribution in [3.05, 3.63) is 75.9 Å². The van der Waals surface area contributed by atoms with Gasteiger partial charge in [0, 0.05) is 24.3 Å². The quantitative estimate of drug-likeness (QED) is 0.411. The Kier molecular flexibility index (Phi) is 7.35. The molecular formula is C22H21BrF3N3O3S. The fourth-order valence-corrected chi connectivity index (χ4v) is 4.81. The number of alkyl halides is 3. The van der Waals surface area contributed by atoms with E-state index in [0.717, 1.165) is 17.8 Å². The number of anilines is 2. The number of hydrogen-bond donors (Lipinski definition) is 1. The summed E-state index contributed by atoms with van der Waals surface area (Å²) in [7, 11) is -0.758. The van der Waals surface area contributed by atoms with Gasteiger partial charge in [-0.1, -0.05) is 12.1 Å². The van der Waals surface area contributed by atoms with Gasteiger partial charge in [-0.2, -0.15) is 17.5 Å². The summed E-state index contributed by atoms with van der Waals surface area (Å²) >= 11 is 3.33. The van der Waals surface area contributed by atoms with Crippen molar-refractivity contribution in [1.29, 1.82) is 0 Å². The van der Waals surface area contributed by atoms with E-state index in [1.807, 2.05) is 0 Å². The number of pyridine rings is 1. The van der Waals surface area contributed by atoms with Crippen LogP contribution < -0.4 is 10.1 Å². The standard InChI is InChI=1S/C22H21BrF3N3O3S/c1-14-10-16(22(24,25)26)12-27-21(14)28-20-9-8-18(11-19(20)23)33(30,31)29(2)13-15-4-6-17(32-3)7-5-15/h4-12H,13H2,1-3H3,(H,27,28). The topological polar surface area (TPSA) is 71.5 Å². The second-order valence-corrected chi connectivity index (χ2v) is 10.2. The van der Waals surface area contributed by atoms with E-state index in [4.69, 9.17) is 4.74 Å². The van der Waals surface area contributed by atoms with Crippen molar-refractivity contribution in [2.75, 3.05) is 19.5 Å². The van der Waals surface area contributed by atoms with Crippen LogP contribution in [0.15, 0.2) is 64.1 Å². The van der Waals surface area contributed by atoms with E-state index in [9.17, 15) is 21.6 Å². The maximum Gasteiger partial charge on any atom is 0.417 e. The Morgan fingerprint density at radius 2 is 1.79 bits per heavy atom. The molecule has 11 heteroatoms. The SMILES string of the molecule is COc1ccc(CN(C)S(=O)(=O)c2ccc(Nc3ncc(C(F)(F)F)cc3C)c(Br)c2)cc1. The second-order valence-electron chi connectivity index (χ2n) is 7.26. The molecule has 1 aromatic heterocycles. The summed E-state index contributed by atoms with van der Waals surface area (Å²) in [6.07, 6.45) is -3.74. The average Bonchev–Trinajstić information content (AvgIpc) is 2.76. The van der Waals surface area contributed by atoms with Gasteiger partial charge in [0.05, 0.1) is 23.3 Å². The molecule has 0 bridgehead atoms. The molecule has 0 spiro atoms. The first-order valence-electron chi connectivity index (χ1n) is 9.61. The summed E-state index contributed by atoms with van der Waals surface area (Å²) in [6, 6.07) is 12.5. The molecule has 1 heterocycles. The van der Waals surface area contributed by atoms with Gasteiger partial charge in [-0.3, -0.25) is 0 Å². The highest BCUT2D eigenvalue weighted by Crippen LogP contribution is 2.33. The minimum absolute atomic E-state index is 0.0630. The Morgan fingerprint density at radius 3 is 2.33 bits per heavy atom. The van der Waals surface area contributed by atoms with Crippen molar-refractivity contribution in [2.24, 2.45) is 0 Å². The van der Waals surface area contributed by atoms with Crippen molar-refractivity contribution in [2.45, 2.75) is 24.5 Å². The zero-order valence-corrected chi connectivity index (χ0v) is 20.3. The van der Waals surface area contributed by atoms with Crippen molar-refractivity contribution >= 4 is 37.5 Å². The first-order valence-corrected chi connectivity index (χ1v) is 11.8. The minimum Gasteiger partial charge on any atom is -0.497 e. The molecule has 2 aromatic carbocycles. The van der Waals surface area contributed by atoms with Gasteiger partial charge in [0.15, 0.2) is 0 Å². The number of hydrogen-bond acceptors (Lipinski definition) is 5. The van der Waals surface area contributed by atoms with Crippen LogP contribution in [0.3, 0.4) is 0 Å². The second kappa shape index (κ2) is 9.70. The summed E-state index contributed by atoms with van der Waals surface area (Å²) in [5.74, 6) is 0.907. The molecule has 0 aliphatic heterocycles. The first-order chi connectivity index (χ1) is 15.4. The lowest BCUT2D eigenvalue weighted by molar-refractivity contribution is -0.137. The van der Waals surface area contributed by atoms with Gasteiger partial charge in [-0.25, -0.2) is 13.4 Å². The Morgan fingerprint density at radius 1 is 1.12 bits per heavy atom. The molecule has 0 aliphatic carbocycles. The predicted molar refractivity (Wildman–Crippen MR) is 123 cm³/mol. The lowest BCUT2D eigenvalue weighted by Gasteiger charge is -2.19. The third-order valence-electron chi connectivity index (χ3n) is 4.87. The van der Waals surface area contributed by atoms with Crippen LogP contribution in [0.4, 0.5) is 24.7 Å². The Labute approximate surface area is 198 Å². The molecule has 0 amide bonds. The van der Waals surface area contributed by atoms with Gasteiger partial charge in [-0.05, 0) is 70.4 Å². The van der Waals surface area contributed by atoms with E-state index in [-0.39, 0.29) is 17.3 Å². The fourth-order valence-electron chi connectivity index (χ4n) is 3.00. The number of sulfonamides is 1. The summed E-state index contributed by atoms with van der Waals surface area (Å²) in [5.41, 5.74) is 0.712. The normalized spacial score (nSPS) is 12.1. The molecule has 6 nitrogen and oxygen atoms in total. The summed E-state index contributed by atoms with van der Waals surface area (Å²) < 4.78 is 71.3. The van der Waals surface area contributed by atoms with E-state index in [1.165, 1.54) is 36.5 Å². The fraction of sp³-hybridized carbons (Fsp3) is 0.227. The highest BCUT2D eigenvalue weighted by molar-refractivity contribution is 9.10. The van der Waals surface area contributed by atoms with Crippen LogP contribution in [0.5, 0.6) is 5.75 Å². The number of aromatic nitrogens is 1. The van der Waals surface area contributed by atoms with E-state index in [0.29, 0.717) is 21.5 Å². The van der Waals surface area contributed by atoms with Crippen LogP contribution in [-0.4, -0.2) is 31.9 Å². The van der Waals surface area contributed by atoms with Gasteiger partial charge in [0.2, 0.25) is 10.0 Å². The average molecular weight is 544 g/mol. The first kappa shape index (κ1) is 25.0. The van der Waals surface area contributed by atoms with E-state index in [1.54, 1.807) is 31.4 Å². The number of halogens is 4. The van der Waals surface area contributed by atoms with Crippen molar-refractivity contribution in [3.8, 4) is 5.75 Å².